The maximum Gasteiger partial charge on any atom is 0.0731 e. The maximum absolute atomic E-state index is 4.58. The summed E-state index contributed by atoms with van der Waals surface area (Å²) in [6, 6.07) is 8.42. The molecule has 0 spiro atoms. The average Bonchev–Trinajstić information content (AvgIpc) is 2.69. The summed E-state index contributed by atoms with van der Waals surface area (Å²) < 4.78 is 1.97. The number of benzene rings is 1. The van der Waals surface area contributed by atoms with Gasteiger partial charge in [-0.15, -0.1) is 0 Å². The smallest absolute Gasteiger partial charge is 0.0731 e. The second kappa shape index (κ2) is 5.69. The first-order valence-electron chi connectivity index (χ1n) is 6.15. The lowest BCUT2D eigenvalue weighted by molar-refractivity contribution is 0.674. The zero-order valence-corrected chi connectivity index (χ0v) is 11.0. The molecule has 1 heterocycles. The number of aromatic nitrogens is 2. The molecule has 1 aromatic carbocycles. The molecule has 0 aliphatic rings. The van der Waals surface area contributed by atoms with E-state index in [-0.39, 0.29) is 0 Å². The Bertz CT molecular complexity index is 443. The molecule has 0 fully saturated rings. The van der Waals surface area contributed by atoms with Gasteiger partial charge in [-0.25, -0.2) is 0 Å². The van der Waals surface area contributed by atoms with Crippen LogP contribution in [-0.2, 0) is 7.05 Å². The summed E-state index contributed by atoms with van der Waals surface area (Å²) in [5.41, 5.74) is 2.45. The number of hydrogen-bond acceptors (Lipinski definition) is 1. The fourth-order valence-corrected chi connectivity index (χ4v) is 1.80. The van der Waals surface area contributed by atoms with E-state index in [2.05, 4.69) is 43.2 Å². The molecule has 0 saturated carbocycles. The Kier molecular flexibility index (Phi) is 4.53. The van der Waals surface area contributed by atoms with Gasteiger partial charge < -0.3 is 0 Å². The van der Waals surface area contributed by atoms with E-state index in [4.69, 9.17) is 0 Å². The van der Waals surface area contributed by atoms with Crippen molar-refractivity contribution in [2.45, 2.75) is 40.0 Å². The van der Waals surface area contributed by atoms with Crippen LogP contribution in [0.25, 0.3) is 10.9 Å². The topological polar surface area (TPSA) is 17.8 Å². The van der Waals surface area contributed by atoms with Gasteiger partial charge in [-0.1, -0.05) is 45.9 Å². The van der Waals surface area contributed by atoms with Crippen molar-refractivity contribution in [3.63, 3.8) is 0 Å². The van der Waals surface area contributed by atoms with Crippen molar-refractivity contribution in [2.75, 3.05) is 0 Å². The summed E-state index contributed by atoms with van der Waals surface area (Å²) >= 11 is 0. The number of para-hydroxylation sites is 1. The van der Waals surface area contributed by atoms with Crippen LogP contribution in [0.3, 0.4) is 0 Å². The highest BCUT2D eigenvalue weighted by Gasteiger charge is 2.12. The standard InChI is InChI=1S/C12H16N2.C2H6/c1-4-9(2)12-10-7-5-6-8-11(10)14(3)13-12;1-2/h5-9H,4H2,1-3H3;1-2H3. The van der Waals surface area contributed by atoms with Crippen molar-refractivity contribution in [1.82, 2.24) is 9.78 Å². The zero-order valence-electron chi connectivity index (χ0n) is 11.0. The van der Waals surface area contributed by atoms with Crippen molar-refractivity contribution in [3.8, 4) is 0 Å². The van der Waals surface area contributed by atoms with E-state index in [1.54, 1.807) is 0 Å². The predicted molar refractivity (Wildman–Crippen MR) is 70.8 cm³/mol. The van der Waals surface area contributed by atoms with Crippen LogP contribution in [0.4, 0.5) is 0 Å². The lowest BCUT2D eigenvalue weighted by atomic mass is 10.0. The van der Waals surface area contributed by atoms with E-state index >= 15 is 0 Å². The average molecular weight is 218 g/mol. The number of hydrogen-bond donors (Lipinski definition) is 0. The van der Waals surface area contributed by atoms with Crippen molar-refractivity contribution in [1.29, 1.82) is 0 Å². The van der Waals surface area contributed by atoms with Crippen molar-refractivity contribution < 1.29 is 0 Å². The van der Waals surface area contributed by atoms with E-state index < -0.39 is 0 Å². The largest absolute Gasteiger partial charge is 0.268 e. The first-order valence-corrected chi connectivity index (χ1v) is 6.15. The van der Waals surface area contributed by atoms with Gasteiger partial charge in [-0.2, -0.15) is 5.10 Å². The highest BCUT2D eigenvalue weighted by Crippen LogP contribution is 2.25. The highest BCUT2D eigenvalue weighted by molar-refractivity contribution is 5.82. The molecule has 2 rings (SSSR count). The first kappa shape index (κ1) is 12.8. The second-order valence-corrected chi connectivity index (χ2v) is 3.84. The summed E-state index contributed by atoms with van der Waals surface area (Å²) in [7, 11) is 2.01. The van der Waals surface area contributed by atoms with Gasteiger partial charge in [0, 0.05) is 18.4 Å². The molecular formula is C14H22N2. The minimum absolute atomic E-state index is 0.543. The van der Waals surface area contributed by atoms with Crippen molar-refractivity contribution >= 4 is 10.9 Å². The second-order valence-electron chi connectivity index (χ2n) is 3.84. The van der Waals surface area contributed by atoms with Gasteiger partial charge in [0.1, 0.15) is 0 Å². The third-order valence-corrected chi connectivity index (χ3v) is 2.87. The molecule has 1 atom stereocenters. The Morgan fingerprint density at radius 1 is 1.25 bits per heavy atom. The lowest BCUT2D eigenvalue weighted by Crippen LogP contribution is -1.95. The minimum atomic E-state index is 0.543. The normalized spacial score (nSPS) is 12.1. The third-order valence-electron chi connectivity index (χ3n) is 2.87. The maximum atomic E-state index is 4.58. The third kappa shape index (κ3) is 2.26. The summed E-state index contributed by atoms with van der Waals surface area (Å²) in [5.74, 6) is 0.543. The molecule has 16 heavy (non-hydrogen) atoms. The summed E-state index contributed by atoms with van der Waals surface area (Å²) in [4.78, 5) is 0. The molecule has 0 saturated heterocycles. The number of nitrogens with zero attached hydrogens (tertiary/aromatic N) is 2. The van der Waals surface area contributed by atoms with Crippen LogP contribution in [0, 0.1) is 0 Å². The van der Waals surface area contributed by atoms with Gasteiger partial charge in [-0.3, -0.25) is 4.68 Å². The van der Waals surface area contributed by atoms with Crippen LogP contribution in [0.2, 0.25) is 0 Å². The fraction of sp³-hybridized carbons (Fsp3) is 0.500. The molecule has 1 unspecified atom stereocenters. The molecule has 1 aromatic heterocycles. The minimum Gasteiger partial charge on any atom is -0.268 e. The Morgan fingerprint density at radius 3 is 2.50 bits per heavy atom. The molecule has 2 heteroatoms. The van der Waals surface area contributed by atoms with E-state index in [9.17, 15) is 0 Å². The molecule has 0 aliphatic heterocycles. The van der Waals surface area contributed by atoms with E-state index in [1.165, 1.54) is 16.6 Å². The van der Waals surface area contributed by atoms with Crippen LogP contribution in [0.1, 0.15) is 45.7 Å². The Hall–Kier alpha value is -1.31. The molecule has 0 bridgehead atoms. The Balaban J connectivity index is 0.000000606. The van der Waals surface area contributed by atoms with Gasteiger partial charge in [0.2, 0.25) is 0 Å². The van der Waals surface area contributed by atoms with Gasteiger partial charge in [0.15, 0.2) is 0 Å². The first-order chi connectivity index (χ1) is 7.74. The van der Waals surface area contributed by atoms with Crippen molar-refractivity contribution in [3.05, 3.63) is 30.0 Å². The Labute approximate surface area is 98.3 Å². The molecule has 0 amide bonds. The van der Waals surface area contributed by atoms with Crippen molar-refractivity contribution in [2.24, 2.45) is 7.05 Å². The van der Waals surface area contributed by atoms with Crippen LogP contribution in [0.15, 0.2) is 24.3 Å². The Morgan fingerprint density at radius 2 is 1.88 bits per heavy atom. The van der Waals surface area contributed by atoms with Gasteiger partial charge in [0.25, 0.3) is 0 Å². The van der Waals surface area contributed by atoms with Crippen LogP contribution in [-0.4, -0.2) is 9.78 Å². The summed E-state index contributed by atoms with van der Waals surface area (Å²) in [6.45, 7) is 8.43. The van der Waals surface area contributed by atoms with Gasteiger partial charge in [-0.05, 0) is 12.5 Å². The molecule has 0 aliphatic carbocycles. The van der Waals surface area contributed by atoms with E-state index in [0.29, 0.717) is 5.92 Å². The fourth-order valence-electron chi connectivity index (χ4n) is 1.80. The molecular weight excluding hydrogens is 196 g/mol. The summed E-state index contributed by atoms with van der Waals surface area (Å²) in [5, 5.41) is 5.87. The molecule has 2 aromatic rings. The number of rotatable bonds is 2. The van der Waals surface area contributed by atoms with E-state index in [0.717, 1.165) is 6.42 Å². The lowest BCUT2D eigenvalue weighted by Gasteiger charge is -2.03. The SMILES string of the molecule is CC.CCC(C)c1nn(C)c2ccccc12. The van der Waals surface area contributed by atoms with Gasteiger partial charge in [0.05, 0.1) is 11.2 Å². The molecule has 0 radical (unpaired) electrons. The monoisotopic (exact) mass is 218 g/mol. The number of fused-ring (bicyclic) bond motifs is 1. The predicted octanol–water partition coefficient (Wildman–Crippen LogP) is 4.11. The molecule has 0 N–H and O–H groups in total. The molecule has 2 nitrogen and oxygen atoms in total. The van der Waals surface area contributed by atoms with Crippen LogP contribution >= 0.6 is 0 Å². The van der Waals surface area contributed by atoms with Gasteiger partial charge >= 0.3 is 0 Å². The highest BCUT2D eigenvalue weighted by atomic mass is 15.3. The summed E-state index contributed by atoms with van der Waals surface area (Å²) in [6.07, 6.45) is 1.14. The quantitative estimate of drug-likeness (QED) is 0.741. The van der Waals surface area contributed by atoms with Crippen LogP contribution < -0.4 is 0 Å². The number of aryl methyl sites for hydroxylation is 1. The zero-order chi connectivity index (χ0) is 12.1. The van der Waals surface area contributed by atoms with E-state index in [1.807, 2.05) is 25.6 Å². The molecule has 88 valence electrons. The van der Waals surface area contributed by atoms with Crippen LogP contribution in [0.5, 0.6) is 0 Å².